The summed E-state index contributed by atoms with van der Waals surface area (Å²) in [6.45, 7) is 7.95. The molecule has 3 nitrogen and oxygen atoms in total. The van der Waals surface area contributed by atoms with Crippen LogP contribution in [0.15, 0.2) is 65.1 Å². The maximum Gasteiger partial charge on any atom is 0.144 e. The maximum atomic E-state index is 12.0. The quantitative estimate of drug-likeness (QED) is 0.551. The van der Waals surface area contributed by atoms with Gasteiger partial charge in [0, 0.05) is 13.1 Å². The number of benzene rings is 2. The first-order valence-corrected chi connectivity index (χ1v) is 10.3. The predicted molar refractivity (Wildman–Crippen MR) is 111 cm³/mol. The van der Waals surface area contributed by atoms with Gasteiger partial charge < -0.3 is 4.55 Å². The minimum absolute atomic E-state index is 0.284. The first-order chi connectivity index (χ1) is 12.4. The molecule has 0 bridgehead atoms. The van der Waals surface area contributed by atoms with E-state index < -0.39 is 11.4 Å². The number of hydrogen-bond donors (Lipinski definition) is 0. The molecule has 0 aromatic heterocycles. The van der Waals surface area contributed by atoms with E-state index in [0.29, 0.717) is 12.0 Å². The number of hydrogen-bond acceptors (Lipinski definition) is 3. The van der Waals surface area contributed by atoms with E-state index in [2.05, 4.69) is 70.0 Å². The van der Waals surface area contributed by atoms with Crippen LogP contribution >= 0.6 is 0 Å². The summed E-state index contributed by atoms with van der Waals surface area (Å²) in [5, 5.41) is 0. The van der Waals surface area contributed by atoms with E-state index in [1.807, 2.05) is 27.0 Å². The van der Waals surface area contributed by atoms with Crippen molar-refractivity contribution in [3.05, 3.63) is 71.8 Å². The lowest BCUT2D eigenvalue weighted by Crippen LogP contribution is -2.48. The molecule has 1 aliphatic rings. The average Bonchev–Trinajstić information content (AvgIpc) is 2.60. The smallest absolute Gasteiger partial charge is 0.144 e. The van der Waals surface area contributed by atoms with Gasteiger partial charge in [-0.1, -0.05) is 65.1 Å². The van der Waals surface area contributed by atoms with Crippen molar-refractivity contribution >= 4 is 17.6 Å². The lowest BCUT2D eigenvalue weighted by atomic mass is 9.89. The van der Waals surface area contributed by atoms with Crippen LogP contribution in [0, 0.1) is 5.92 Å². The first-order valence-electron chi connectivity index (χ1n) is 9.23. The summed E-state index contributed by atoms with van der Waals surface area (Å²) in [6.07, 6.45) is 2.76. The Balaban J connectivity index is 1.62. The molecular formula is C22H28N2OS. The van der Waals surface area contributed by atoms with Crippen LogP contribution in [0.4, 0.5) is 0 Å². The minimum Gasteiger partial charge on any atom is -0.591 e. The highest BCUT2D eigenvalue weighted by atomic mass is 32.2. The third-order valence-electron chi connectivity index (χ3n) is 4.71. The van der Waals surface area contributed by atoms with Gasteiger partial charge in [0.05, 0.1) is 12.3 Å². The van der Waals surface area contributed by atoms with Crippen molar-refractivity contribution in [2.45, 2.75) is 38.0 Å². The molecule has 0 saturated carbocycles. The molecule has 0 amide bonds. The fourth-order valence-electron chi connectivity index (χ4n) is 3.27. The Kier molecular flexibility index (Phi) is 6.17. The van der Waals surface area contributed by atoms with Crippen molar-refractivity contribution in [3.8, 4) is 0 Å². The van der Waals surface area contributed by atoms with E-state index in [-0.39, 0.29) is 4.75 Å². The molecule has 26 heavy (non-hydrogen) atoms. The normalized spacial score (nSPS) is 17.6. The largest absolute Gasteiger partial charge is 0.591 e. The van der Waals surface area contributed by atoms with Crippen molar-refractivity contribution in [2.24, 2.45) is 10.3 Å². The summed E-state index contributed by atoms with van der Waals surface area (Å²) in [5.74, 6) is 0.589. The van der Waals surface area contributed by atoms with Gasteiger partial charge in [-0.05, 0) is 44.2 Å². The zero-order valence-corrected chi connectivity index (χ0v) is 16.7. The first kappa shape index (κ1) is 19.2. The van der Waals surface area contributed by atoms with E-state index in [9.17, 15) is 4.55 Å². The zero-order chi connectivity index (χ0) is 18.6. The van der Waals surface area contributed by atoms with Gasteiger partial charge >= 0.3 is 0 Å². The van der Waals surface area contributed by atoms with Crippen LogP contribution in [0.5, 0.6) is 0 Å². The van der Waals surface area contributed by atoms with Crippen LogP contribution in [0.2, 0.25) is 0 Å². The van der Waals surface area contributed by atoms with E-state index in [4.69, 9.17) is 0 Å². The van der Waals surface area contributed by atoms with Gasteiger partial charge in [-0.3, -0.25) is 4.90 Å². The van der Waals surface area contributed by atoms with Crippen molar-refractivity contribution in [2.75, 3.05) is 13.1 Å². The second-order valence-electron chi connectivity index (χ2n) is 7.93. The fourth-order valence-corrected chi connectivity index (χ4v) is 3.81. The Morgan fingerprint density at radius 2 is 1.54 bits per heavy atom. The minimum atomic E-state index is -1.15. The monoisotopic (exact) mass is 368 g/mol. The SMILES string of the molecule is CC(C)(C)[S+]([O-])N=CCC1CN(C(c2ccccc2)c2ccccc2)C1. The van der Waals surface area contributed by atoms with Crippen LogP contribution in [0.25, 0.3) is 0 Å². The molecule has 1 unspecified atom stereocenters. The van der Waals surface area contributed by atoms with E-state index in [1.165, 1.54) is 11.1 Å². The molecule has 1 atom stereocenters. The average molecular weight is 369 g/mol. The number of nitrogens with zero attached hydrogens (tertiary/aromatic N) is 2. The molecule has 2 aromatic carbocycles. The molecule has 0 spiro atoms. The summed E-state index contributed by atoms with van der Waals surface area (Å²) < 4.78 is 15.9. The van der Waals surface area contributed by atoms with Crippen molar-refractivity contribution in [3.63, 3.8) is 0 Å². The van der Waals surface area contributed by atoms with Gasteiger partial charge in [0.15, 0.2) is 0 Å². The van der Waals surface area contributed by atoms with Gasteiger partial charge in [-0.15, -0.1) is 0 Å². The molecule has 0 N–H and O–H groups in total. The van der Waals surface area contributed by atoms with Crippen LogP contribution in [0.3, 0.4) is 0 Å². The summed E-state index contributed by atoms with van der Waals surface area (Å²) in [7, 11) is 0. The van der Waals surface area contributed by atoms with E-state index in [0.717, 1.165) is 19.5 Å². The number of rotatable bonds is 6. The maximum absolute atomic E-state index is 12.0. The van der Waals surface area contributed by atoms with Crippen LogP contribution in [0.1, 0.15) is 44.4 Å². The Labute approximate surface area is 160 Å². The molecular weight excluding hydrogens is 340 g/mol. The molecule has 1 saturated heterocycles. The van der Waals surface area contributed by atoms with Gasteiger partial charge in [0.1, 0.15) is 16.1 Å². The summed E-state index contributed by atoms with van der Waals surface area (Å²) in [4.78, 5) is 2.52. The van der Waals surface area contributed by atoms with Gasteiger partial charge in [-0.2, -0.15) is 0 Å². The highest BCUT2D eigenvalue weighted by molar-refractivity contribution is 7.91. The molecule has 0 aliphatic carbocycles. The Morgan fingerprint density at radius 1 is 1.04 bits per heavy atom. The topological polar surface area (TPSA) is 38.7 Å². The molecule has 1 aliphatic heterocycles. The highest BCUT2D eigenvalue weighted by Crippen LogP contribution is 2.34. The number of likely N-dealkylation sites (tertiary alicyclic amines) is 1. The van der Waals surface area contributed by atoms with Gasteiger partial charge in [0.25, 0.3) is 0 Å². The summed E-state index contributed by atoms with van der Waals surface area (Å²) in [6, 6.07) is 21.7. The molecule has 4 heteroatoms. The zero-order valence-electron chi connectivity index (χ0n) is 15.8. The van der Waals surface area contributed by atoms with Crippen LogP contribution < -0.4 is 0 Å². The fraction of sp³-hybridized carbons (Fsp3) is 0.409. The Morgan fingerprint density at radius 3 is 2.00 bits per heavy atom. The molecule has 2 aromatic rings. The second kappa shape index (κ2) is 8.38. The molecule has 1 heterocycles. The Hall–Kier alpha value is -1.62. The van der Waals surface area contributed by atoms with Crippen LogP contribution in [-0.2, 0) is 11.4 Å². The van der Waals surface area contributed by atoms with Crippen molar-refractivity contribution in [1.82, 2.24) is 4.90 Å². The van der Waals surface area contributed by atoms with Crippen molar-refractivity contribution < 1.29 is 4.55 Å². The second-order valence-corrected chi connectivity index (χ2v) is 9.86. The lowest BCUT2D eigenvalue weighted by molar-refractivity contribution is 0.0735. The predicted octanol–water partition coefficient (Wildman–Crippen LogP) is 4.63. The third-order valence-corrected chi connectivity index (χ3v) is 6.10. The Bertz CT molecular complexity index is 666. The van der Waals surface area contributed by atoms with Crippen LogP contribution in [-0.4, -0.2) is 33.5 Å². The molecule has 138 valence electrons. The standard InChI is InChI=1S/C22H28N2OS/c1-22(2,3)26(25)23-15-14-18-16-24(17-18)21(19-10-6-4-7-11-19)20-12-8-5-9-13-20/h4-13,15,18,21H,14,16-17H2,1-3H3. The summed E-state index contributed by atoms with van der Waals surface area (Å²) in [5.41, 5.74) is 2.67. The lowest BCUT2D eigenvalue weighted by Gasteiger charge is -2.44. The van der Waals surface area contributed by atoms with Gasteiger partial charge in [0.2, 0.25) is 0 Å². The van der Waals surface area contributed by atoms with E-state index in [1.54, 1.807) is 0 Å². The van der Waals surface area contributed by atoms with Gasteiger partial charge in [-0.25, -0.2) is 0 Å². The van der Waals surface area contributed by atoms with Crippen molar-refractivity contribution in [1.29, 1.82) is 0 Å². The molecule has 1 fully saturated rings. The molecule has 3 rings (SSSR count). The summed E-state index contributed by atoms with van der Waals surface area (Å²) >= 11 is -1.15. The van der Waals surface area contributed by atoms with E-state index >= 15 is 0 Å². The highest BCUT2D eigenvalue weighted by Gasteiger charge is 2.33. The molecule has 0 radical (unpaired) electrons. The third kappa shape index (κ3) is 4.76.